The minimum Gasteiger partial charge on any atom is -0.302 e. The summed E-state index contributed by atoms with van der Waals surface area (Å²) < 4.78 is 0. The molecule has 1 fully saturated rings. The summed E-state index contributed by atoms with van der Waals surface area (Å²) in [6.45, 7) is 5.01. The Bertz CT molecular complexity index is 317. The van der Waals surface area contributed by atoms with Crippen molar-refractivity contribution in [3.63, 3.8) is 0 Å². The van der Waals surface area contributed by atoms with Crippen LogP contribution in [0.5, 0.6) is 0 Å². The van der Waals surface area contributed by atoms with Crippen molar-refractivity contribution in [1.82, 2.24) is 4.90 Å². The van der Waals surface area contributed by atoms with E-state index in [1.807, 2.05) is 6.08 Å². The zero-order valence-electron chi connectivity index (χ0n) is 9.39. The Labute approximate surface area is 92.4 Å². The van der Waals surface area contributed by atoms with Gasteiger partial charge in [0.2, 0.25) is 0 Å². The summed E-state index contributed by atoms with van der Waals surface area (Å²) in [5.74, 6) is 0.709. The van der Waals surface area contributed by atoms with Gasteiger partial charge in [0.15, 0.2) is 0 Å². The second kappa shape index (κ2) is 4.63. The highest BCUT2D eigenvalue weighted by Crippen LogP contribution is 2.31. The molecule has 1 heterocycles. The quantitative estimate of drug-likeness (QED) is 0.679. The van der Waals surface area contributed by atoms with Crippen LogP contribution in [0, 0.1) is 0 Å². The Morgan fingerprint density at radius 2 is 2.13 bits per heavy atom. The van der Waals surface area contributed by atoms with Crippen LogP contribution in [0.3, 0.4) is 0 Å². The SMILES string of the molecule is C=CC[C@H]1C[C@H](c2ccccc2)CN1C. The molecule has 0 spiro atoms. The molecule has 1 aliphatic heterocycles. The topological polar surface area (TPSA) is 3.24 Å². The monoisotopic (exact) mass is 201 g/mol. The van der Waals surface area contributed by atoms with E-state index in [-0.39, 0.29) is 0 Å². The van der Waals surface area contributed by atoms with Crippen molar-refractivity contribution < 1.29 is 0 Å². The van der Waals surface area contributed by atoms with Gasteiger partial charge >= 0.3 is 0 Å². The van der Waals surface area contributed by atoms with E-state index < -0.39 is 0 Å². The van der Waals surface area contributed by atoms with Gasteiger partial charge in [0, 0.05) is 12.6 Å². The van der Waals surface area contributed by atoms with Gasteiger partial charge < -0.3 is 4.90 Å². The van der Waals surface area contributed by atoms with E-state index in [0.29, 0.717) is 12.0 Å². The van der Waals surface area contributed by atoms with Crippen molar-refractivity contribution in [3.8, 4) is 0 Å². The van der Waals surface area contributed by atoms with Crippen molar-refractivity contribution in [2.24, 2.45) is 0 Å². The van der Waals surface area contributed by atoms with Crippen molar-refractivity contribution >= 4 is 0 Å². The highest BCUT2D eigenvalue weighted by atomic mass is 15.2. The zero-order valence-corrected chi connectivity index (χ0v) is 9.39. The maximum atomic E-state index is 3.83. The Kier molecular flexibility index (Phi) is 3.22. The summed E-state index contributed by atoms with van der Waals surface area (Å²) >= 11 is 0. The van der Waals surface area contributed by atoms with E-state index in [4.69, 9.17) is 0 Å². The molecule has 1 aliphatic rings. The summed E-state index contributed by atoms with van der Waals surface area (Å²) in [4.78, 5) is 2.46. The summed E-state index contributed by atoms with van der Waals surface area (Å²) in [6.07, 6.45) is 4.42. The minimum atomic E-state index is 0.688. The Morgan fingerprint density at radius 3 is 2.80 bits per heavy atom. The third-order valence-corrected chi connectivity index (χ3v) is 3.40. The van der Waals surface area contributed by atoms with Crippen LogP contribution in [0.15, 0.2) is 43.0 Å². The molecule has 0 aliphatic carbocycles. The second-order valence-corrected chi connectivity index (χ2v) is 4.46. The van der Waals surface area contributed by atoms with Gasteiger partial charge in [-0.3, -0.25) is 0 Å². The Morgan fingerprint density at radius 1 is 1.40 bits per heavy atom. The van der Waals surface area contributed by atoms with E-state index in [9.17, 15) is 0 Å². The van der Waals surface area contributed by atoms with Gasteiger partial charge in [-0.15, -0.1) is 6.58 Å². The number of likely N-dealkylation sites (N-methyl/N-ethyl adjacent to an activating group) is 1. The maximum absolute atomic E-state index is 3.83. The molecule has 0 N–H and O–H groups in total. The standard InChI is InChI=1S/C14H19N/c1-3-7-14-10-13(11-15(14)2)12-8-5-4-6-9-12/h3-6,8-9,13-14H,1,7,10-11H2,2H3/t13-,14-/m0/s1. The molecule has 0 bridgehead atoms. The molecule has 0 unspecified atom stereocenters. The lowest BCUT2D eigenvalue weighted by Crippen LogP contribution is -2.23. The van der Waals surface area contributed by atoms with Gasteiger partial charge in [-0.2, -0.15) is 0 Å². The highest BCUT2D eigenvalue weighted by molar-refractivity contribution is 5.21. The van der Waals surface area contributed by atoms with E-state index >= 15 is 0 Å². The lowest BCUT2D eigenvalue weighted by atomic mass is 9.96. The van der Waals surface area contributed by atoms with Crippen LogP contribution in [0.2, 0.25) is 0 Å². The van der Waals surface area contributed by atoms with E-state index in [1.165, 1.54) is 18.5 Å². The lowest BCUT2D eigenvalue weighted by Gasteiger charge is -2.16. The Balaban J connectivity index is 2.06. The van der Waals surface area contributed by atoms with Crippen LogP contribution < -0.4 is 0 Å². The van der Waals surface area contributed by atoms with Crippen LogP contribution in [-0.4, -0.2) is 24.5 Å². The number of nitrogens with zero attached hydrogens (tertiary/aromatic N) is 1. The molecular formula is C14H19N. The third kappa shape index (κ3) is 2.29. The van der Waals surface area contributed by atoms with Crippen LogP contribution in [0.25, 0.3) is 0 Å². The van der Waals surface area contributed by atoms with Gasteiger partial charge in [0.25, 0.3) is 0 Å². The molecule has 0 saturated carbocycles. The molecule has 1 aromatic rings. The summed E-state index contributed by atoms with van der Waals surface area (Å²) in [7, 11) is 2.22. The third-order valence-electron chi connectivity index (χ3n) is 3.40. The second-order valence-electron chi connectivity index (χ2n) is 4.46. The summed E-state index contributed by atoms with van der Waals surface area (Å²) in [6, 6.07) is 11.5. The number of benzene rings is 1. The molecule has 80 valence electrons. The van der Waals surface area contributed by atoms with Crippen LogP contribution in [-0.2, 0) is 0 Å². The molecule has 0 amide bonds. The first-order chi connectivity index (χ1) is 7.31. The smallest absolute Gasteiger partial charge is 0.0133 e. The molecule has 1 nitrogen and oxygen atoms in total. The predicted molar refractivity (Wildman–Crippen MR) is 65.0 cm³/mol. The van der Waals surface area contributed by atoms with E-state index in [1.54, 1.807) is 0 Å². The molecule has 15 heavy (non-hydrogen) atoms. The lowest BCUT2D eigenvalue weighted by molar-refractivity contribution is 0.312. The molecule has 2 rings (SSSR count). The molecule has 0 radical (unpaired) electrons. The molecule has 1 saturated heterocycles. The van der Waals surface area contributed by atoms with Gasteiger partial charge in [-0.1, -0.05) is 36.4 Å². The minimum absolute atomic E-state index is 0.688. The van der Waals surface area contributed by atoms with Crippen molar-refractivity contribution in [2.75, 3.05) is 13.6 Å². The van der Waals surface area contributed by atoms with Crippen LogP contribution >= 0.6 is 0 Å². The molecule has 0 aromatic heterocycles. The molecule has 2 atom stereocenters. The largest absolute Gasteiger partial charge is 0.302 e. The first-order valence-corrected chi connectivity index (χ1v) is 5.67. The molecule has 1 heteroatoms. The fraction of sp³-hybridized carbons (Fsp3) is 0.429. The van der Waals surface area contributed by atoms with Crippen LogP contribution in [0.4, 0.5) is 0 Å². The number of hydrogen-bond donors (Lipinski definition) is 0. The fourth-order valence-electron chi connectivity index (χ4n) is 2.51. The van der Waals surface area contributed by atoms with E-state index in [2.05, 4.69) is 48.9 Å². The molecule has 1 aromatic carbocycles. The number of rotatable bonds is 3. The molecular weight excluding hydrogens is 182 g/mol. The van der Waals surface area contributed by atoms with Gasteiger partial charge in [-0.05, 0) is 31.4 Å². The number of hydrogen-bond acceptors (Lipinski definition) is 1. The predicted octanol–water partition coefficient (Wildman–Crippen LogP) is 3.05. The average Bonchev–Trinajstić information content (AvgIpc) is 2.63. The average molecular weight is 201 g/mol. The van der Waals surface area contributed by atoms with Gasteiger partial charge in [-0.25, -0.2) is 0 Å². The number of likely N-dealkylation sites (tertiary alicyclic amines) is 1. The van der Waals surface area contributed by atoms with Crippen LogP contribution in [0.1, 0.15) is 24.3 Å². The summed E-state index contributed by atoms with van der Waals surface area (Å²) in [5, 5.41) is 0. The Hall–Kier alpha value is -1.08. The highest BCUT2D eigenvalue weighted by Gasteiger charge is 2.28. The summed E-state index contributed by atoms with van der Waals surface area (Å²) in [5.41, 5.74) is 1.48. The van der Waals surface area contributed by atoms with Gasteiger partial charge in [0.1, 0.15) is 0 Å². The first kappa shape index (κ1) is 10.4. The zero-order chi connectivity index (χ0) is 10.7. The van der Waals surface area contributed by atoms with Crippen molar-refractivity contribution in [1.29, 1.82) is 0 Å². The van der Waals surface area contributed by atoms with E-state index in [0.717, 1.165) is 6.42 Å². The first-order valence-electron chi connectivity index (χ1n) is 5.67. The van der Waals surface area contributed by atoms with Crippen molar-refractivity contribution in [3.05, 3.63) is 48.6 Å². The maximum Gasteiger partial charge on any atom is 0.0133 e. The van der Waals surface area contributed by atoms with Crippen molar-refractivity contribution in [2.45, 2.75) is 24.8 Å². The van der Waals surface area contributed by atoms with Gasteiger partial charge in [0.05, 0.1) is 0 Å². The fourth-order valence-corrected chi connectivity index (χ4v) is 2.51. The normalized spacial score (nSPS) is 26.7.